The number of para-hydroxylation sites is 1. The molecule has 2 amide bonds. The van der Waals surface area contributed by atoms with E-state index in [1.807, 2.05) is 6.07 Å². The fraction of sp³-hybridized carbons (Fsp3) is 0.120. The van der Waals surface area contributed by atoms with Gasteiger partial charge in [0.25, 0.3) is 11.8 Å². The summed E-state index contributed by atoms with van der Waals surface area (Å²) in [4.78, 5) is 29.9. The normalized spacial score (nSPS) is 11.7. The van der Waals surface area contributed by atoms with E-state index >= 15 is 0 Å². The lowest BCUT2D eigenvalue weighted by Crippen LogP contribution is -2.35. The molecule has 8 nitrogen and oxygen atoms in total. The van der Waals surface area contributed by atoms with Gasteiger partial charge in [-0.25, -0.2) is 9.07 Å². The first-order valence-corrected chi connectivity index (χ1v) is 11.6. The van der Waals surface area contributed by atoms with Crippen LogP contribution in [-0.2, 0) is 0 Å². The molecule has 0 aliphatic heterocycles. The number of nitrogens with two attached hydrogens (primary N) is 1. The Kier molecular flexibility index (Phi) is 7.64. The summed E-state index contributed by atoms with van der Waals surface area (Å²) in [7, 11) is 0. The van der Waals surface area contributed by atoms with Crippen molar-refractivity contribution in [1.29, 1.82) is 0 Å². The minimum Gasteiger partial charge on any atom is -0.349 e. The molecule has 4 rings (SSSR count). The quantitative estimate of drug-likeness (QED) is 0.322. The molecule has 0 bridgehead atoms. The van der Waals surface area contributed by atoms with Gasteiger partial charge in [-0.15, -0.1) is 0 Å². The first-order chi connectivity index (χ1) is 17.2. The second-order valence-corrected chi connectivity index (χ2v) is 8.79. The number of hydrogen-bond donors (Lipinski definition) is 3. The molecule has 0 fully saturated rings. The average molecular weight is 527 g/mol. The van der Waals surface area contributed by atoms with Gasteiger partial charge in [-0.05, 0) is 43.3 Å². The van der Waals surface area contributed by atoms with Gasteiger partial charge in [0.2, 0.25) is 0 Å². The van der Waals surface area contributed by atoms with Gasteiger partial charge in [0.15, 0.2) is 5.69 Å². The van der Waals surface area contributed by atoms with Crippen molar-refractivity contribution >= 4 is 40.8 Å². The van der Waals surface area contributed by atoms with E-state index in [0.29, 0.717) is 16.9 Å². The lowest BCUT2D eigenvalue weighted by Gasteiger charge is -2.12. The third-order valence-corrected chi connectivity index (χ3v) is 5.70. The van der Waals surface area contributed by atoms with E-state index in [0.717, 1.165) is 6.20 Å². The number of rotatable bonds is 7. The monoisotopic (exact) mass is 526 g/mol. The van der Waals surface area contributed by atoms with E-state index in [-0.39, 0.29) is 39.7 Å². The Labute approximate surface area is 216 Å². The SMILES string of the molecule is C[C@H](N)CNC(=O)c1cc(NC(=O)c2cc(-c3ccc(F)cn3)c(Cl)cc2Cl)n(-c2ccccc2)n1. The summed E-state index contributed by atoms with van der Waals surface area (Å²) in [6.07, 6.45) is 1.05. The molecule has 2 aromatic heterocycles. The highest BCUT2D eigenvalue weighted by Gasteiger charge is 2.21. The maximum absolute atomic E-state index is 13.3. The number of carbonyl (C=O) groups excluding carboxylic acids is 2. The number of nitrogens with zero attached hydrogens (tertiary/aromatic N) is 3. The smallest absolute Gasteiger partial charge is 0.271 e. The van der Waals surface area contributed by atoms with Gasteiger partial charge in [0, 0.05) is 24.2 Å². The molecule has 11 heteroatoms. The molecule has 0 saturated heterocycles. The Hall–Kier alpha value is -3.79. The van der Waals surface area contributed by atoms with Crippen LogP contribution in [0.5, 0.6) is 0 Å². The summed E-state index contributed by atoms with van der Waals surface area (Å²) >= 11 is 12.7. The number of anilines is 1. The third-order valence-electron chi connectivity index (χ3n) is 5.07. The first-order valence-electron chi connectivity index (χ1n) is 10.8. The molecule has 1 atom stereocenters. The molecule has 2 heterocycles. The number of amides is 2. The molecular weight excluding hydrogens is 506 g/mol. The average Bonchev–Trinajstić information content (AvgIpc) is 3.27. The van der Waals surface area contributed by atoms with Crippen LogP contribution in [-0.4, -0.2) is 39.2 Å². The van der Waals surface area contributed by atoms with Crippen LogP contribution in [0.3, 0.4) is 0 Å². The highest BCUT2D eigenvalue weighted by molar-refractivity contribution is 6.38. The van der Waals surface area contributed by atoms with Crippen molar-refractivity contribution < 1.29 is 14.0 Å². The second-order valence-electron chi connectivity index (χ2n) is 7.98. The van der Waals surface area contributed by atoms with E-state index < -0.39 is 17.6 Å². The number of hydrogen-bond acceptors (Lipinski definition) is 5. The molecule has 4 N–H and O–H groups in total. The van der Waals surface area contributed by atoms with Crippen LogP contribution in [0, 0.1) is 5.82 Å². The predicted octanol–water partition coefficient (Wildman–Crippen LogP) is 4.71. The highest BCUT2D eigenvalue weighted by atomic mass is 35.5. The minimum absolute atomic E-state index is 0.0909. The summed E-state index contributed by atoms with van der Waals surface area (Å²) in [5.41, 5.74) is 7.31. The molecular formula is C25H21Cl2FN6O2. The summed E-state index contributed by atoms with van der Waals surface area (Å²) in [5.74, 6) is -1.27. The van der Waals surface area contributed by atoms with Crippen molar-refractivity contribution in [2.75, 3.05) is 11.9 Å². The van der Waals surface area contributed by atoms with Gasteiger partial charge in [-0.3, -0.25) is 14.6 Å². The van der Waals surface area contributed by atoms with Gasteiger partial charge in [0.1, 0.15) is 11.6 Å². The van der Waals surface area contributed by atoms with Crippen molar-refractivity contribution in [3.8, 4) is 16.9 Å². The van der Waals surface area contributed by atoms with Crippen LogP contribution in [0.15, 0.2) is 66.9 Å². The Morgan fingerprint density at radius 1 is 1.06 bits per heavy atom. The minimum atomic E-state index is -0.570. The van der Waals surface area contributed by atoms with Crippen LogP contribution >= 0.6 is 23.2 Å². The predicted molar refractivity (Wildman–Crippen MR) is 137 cm³/mol. The Bertz CT molecular complexity index is 1410. The van der Waals surface area contributed by atoms with E-state index in [9.17, 15) is 14.0 Å². The van der Waals surface area contributed by atoms with Crippen LogP contribution in [0.25, 0.3) is 16.9 Å². The Morgan fingerprint density at radius 2 is 1.81 bits per heavy atom. The molecule has 0 unspecified atom stereocenters. The number of aromatic nitrogens is 3. The lowest BCUT2D eigenvalue weighted by molar-refractivity contribution is 0.0945. The van der Waals surface area contributed by atoms with Gasteiger partial charge in [-0.1, -0.05) is 41.4 Å². The standard InChI is InChI=1S/C25H21Cl2FN6O2/c1-14(29)12-31-25(36)22-11-23(34(33-22)16-5-3-2-4-6-16)32-24(35)18-9-17(19(26)10-20(18)27)21-8-7-15(28)13-30-21/h2-11,13-14H,12,29H2,1H3,(H,31,36)(H,32,35)/t14-/m0/s1. The summed E-state index contributed by atoms with van der Waals surface area (Å²) < 4.78 is 14.8. The zero-order valence-corrected chi connectivity index (χ0v) is 20.5. The molecule has 2 aromatic carbocycles. The molecule has 0 saturated carbocycles. The molecule has 0 radical (unpaired) electrons. The number of halogens is 3. The Morgan fingerprint density at radius 3 is 2.47 bits per heavy atom. The number of carbonyl (C=O) groups is 2. The van der Waals surface area contributed by atoms with Crippen molar-refractivity contribution in [3.05, 3.63) is 94.0 Å². The van der Waals surface area contributed by atoms with Gasteiger partial charge < -0.3 is 16.4 Å². The lowest BCUT2D eigenvalue weighted by atomic mass is 10.1. The Balaban J connectivity index is 1.69. The molecule has 0 spiro atoms. The van der Waals surface area contributed by atoms with Crippen LogP contribution in [0.1, 0.15) is 27.8 Å². The van der Waals surface area contributed by atoms with Crippen LogP contribution in [0.4, 0.5) is 10.2 Å². The molecule has 4 aromatic rings. The maximum atomic E-state index is 13.3. The van der Waals surface area contributed by atoms with Gasteiger partial charge in [0.05, 0.1) is 33.2 Å². The summed E-state index contributed by atoms with van der Waals surface area (Å²) in [6.45, 7) is 2.03. The van der Waals surface area contributed by atoms with E-state index in [1.165, 1.54) is 35.0 Å². The number of pyridine rings is 1. The topological polar surface area (TPSA) is 115 Å². The van der Waals surface area contributed by atoms with Crippen LogP contribution < -0.4 is 16.4 Å². The fourth-order valence-corrected chi connectivity index (χ4v) is 3.90. The van der Waals surface area contributed by atoms with Crippen molar-refractivity contribution in [1.82, 2.24) is 20.1 Å². The number of nitrogens with one attached hydrogen (secondary N) is 2. The largest absolute Gasteiger partial charge is 0.349 e. The third kappa shape index (κ3) is 5.71. The second kappa shape index (κ2) is 10.9. The van der Waals surface area contributed by atoms with Gasteiger partial charge in [-0.2, -0.15) is 5.10 Å². The molecule has 0 aliphatic rings. The highest BCUT2D eigenvalue weighted by Crippen LogP contribution is 2.32. The van der Waals surface area contributed by atoms with Crippen molar-refractivity contribution in [3.63, 3.8) is 0 Å². The van der Waals surface area contributed by atoms with E-state index in [4.69, 9.17) is 28.9 Å². The fourth-order valence-electron chi connectivity index (χ4n) is 3.33. The summed E-state index contributed by atoms with van der Waals surface area (Å²) in [5, 5.41) is 10.2. The van der Waals surface area contributed by atoms with Gasteiger partial charge >= 0.3 is 0 Å². The zero-order chi connectivity index (χ0) is 25.8. The summed E-state index contributed by atoms with van der Waals surface area (Å²) in [6, 6.07) is 15.8. The van der Waals surface area contributed by atoms with Crippen molar-refractivity contribution in [2.45, 2.75) is 13.0 Å². The molecule has 0 aliphatic carbocycles. The van der Waals surface area contributed by atoms with Crippen molar-refractivity contribution in [2.24, 2.45) is 5.73 Å². The molecule has 184 valence electrons. The van der Waals surface area contributed by atoms with E-state index in [1.54, 1.807) is 31.2 Å². The van der Waals surface area contributed by atoms with E-state index in [2.05, 4.69) is 20.7 Å². The number of benzene rings is 2. The molecule has 36 heavy (non-hydrogen) atoms. The van der Waals surface area contributed by atoms with Crippen LogP contribution in [0.2, 0.25) is 10.0 Å². The zero-order valence-electron chi connectivity index (χ0n) is 19.0. The first kappa shape index (κ1) is 25.3. The maximum Gasteiger partial charge on any atom is 0.271 e.